The van der Waals surface area contributed by atoms with Gasteiger partial charge >= 0.3 is 0 Å². The number of rotatable bonds is 3. The Kier molecular flexibility index (Phi) is 3.63. The Balaban J connectivity index is 2.03. The summed E-state index contributed by atoms with van der Waals surface area (Å²) in [6.07, 6.45) is 1.12. The Bertz CT molecular complexity index is 662. The van der Waals surface area contributed by atoms with E-state index in [9.17, 15) is 0 Å². The van der Waals surface area contributed by atoms with Crippen molar-refractivity contribution in [1.82, 2.24) is 4.98 Å². The minimum Gasteiger partial charge on any atom is -0.496 e. The maximum absolute atomic E-state index is 6.42. The number of aromatic nitrogens is 1. The van der Waals surface area contributed by atoms with Crippen LogP contribution in [-0.2, 0) is 6.42 Å². The van der Waals surface area contributed by atoms with Gasteiger partial charge in [0, 0.05) is 22.4 Å². The Morgan fingerprint density at radius 1 is 1.43 bits per heavy atom. The summed E-state index contributed by atoms with van der Waals surface area (Å²) in [6.45, 7) is 6.14. The highest BCUT2D eigenvalue weighted by atomic mass is 32.1. The molecule has 4 nitrogen and oxygen atoms in total. The van der Waals surface area contributed by atoms with E-state index in [0.29, 0.717) is 0 Å². The molecule has 0 fully saturated rings. The maximum Gasteiger partial charge on any atom is 0.124 e. The minimum absolute atomic E-state index is 0.209. The highest BCUT2D eigenvalue weighted by Crippen LogP contribution is 2.39. The van der Waals surface area contributed by atoms with Crippen LogP contribution < -0.4 is 15.2 Å². The molecular formula is C16H20N2O2S. The van der Waals surface area contributed by atoms with Gasteiger partial charge in [0.25, 0.3) is 0 Å². The van der Waals surface area contributed by atoms with Gasteiger partial charge in [-0.2, -0.15) is 0 Å². The lowest BCUT2D eigenvalue weighted by molar-refractivity contribution is 0.254. The summed E-state index contributed by atoms with van der Waals surface area (Å²) in [5.74, 6) is 1.73. The number of aryl methyl sites for hydroxylation is 2. The molecule has 3 rings (SSSR count). The third-order valence-electron chi connectivity index (χ3n) is 3.89. The van der Waals surface area contributed by atoms with Crippen molar-refractivity contribution < 1.29 is 9.47 Å². The smallest absolute Gasteiger partial charge is 0.124 e. The molecule has 0 spiro atoms. The molecule has 0 saturated heterocycles. The summed E-state index contributed by atoms with van der Waals surface area (Å²) in [5.41, 5.74) is 9.57. The first-order valence-electron chi connectivity index (χ1n) is 7.06. The van der Waals surface area contributed by atoms with Crippen LogP contribution in [0.3, 0.4) is 0 Å². The fraction of sp³-hybridized carbons (Fsp3) is 0.438. The quantitative estimate of drug-likeness (QED) is 0.946. The highest BCUT2D eigenvalue weighted by molar-refractivity contribution is 7.11. The SMILES string of the molecule is COc1cc2c(cc1C(N)c1nc(C)c(C)s1)OC(C)C2. The van der Waals surface area contributed by atoms with Crippen LogP contribution in [0.2, 0.25) is 0 Å². The van der Waals surface area contributed by atoms with Crippen molar-refractivity contribution in [2.45, 2.75) is 39.3 Å². The van der Waals surface area contributed by atoms with Crippen LogP contribution in [0.4, 0.5) is 0 Å². The van der Waals surface area contributed by atoms with Gasteiger partial charge in [-0.25, -0.2) is 4.98 Å². The molecule has 1 aliphatic rings. The van der Waals surface area contributed by atoms with Crippen LogP contribution in [0.5, 0.6) is 11.5 Å². The second kappa shape index (κ2) is 5.31. The van der Waals surface area contributed by atoms with E-state index < -0.39 is 0 Å². The van der Waals surface area contributed by atoms with Gasteiger partial charge in [-0.3, -0.25) is 0 Å². The molecule has 5 heteroatoms. The van der Waals surface area contributed by atoms with E-state index >= 15 is 0 Å². The molecule has 0 amide bonds. The van der Waals surface area contributed by atoms with E-state index in [1.54, 1.807) is 18.4 Å². The van der Waals surface area contributed by atoms with Crippen molar-refractivity contribution >= 4 is 11.3 Å². The number of benzene rings is 1. The molecule has 2 N–H and O–H groups in total. The summed E-state index contributed by atoms with van der Waals surface area (Å²) in [7, 11) is 1.68. The van der Waals surface area contributed by atoms with E-state index in [2.05, 4.69) is 18.8 Å². The normalized spacial score (nSPS) is 18.2. The Morgan fingerprint density at radius 3 is 2.81 bits per heavy atom. The summed E-state index contributed by atoms with van der Waals surface area (Å²) in [6, 6.07) is 3.76. The highest BCUT2D eigenvalue weighted by Gasteiger charge is 2.25. The molecule has 21 heavy (non-hydrogen) atoms. The van der Waals surface area contributed by atoms with Gasteiger partial charge in [-0.05, 0) is 32.9 Å². The number of methoxy groups -OCH3 is 1. The number of nitrogens with zero attached hydrogens (tertiary/aromatic N) is 1. The number of hydrogen-bond acceptors (Lipinski definition) is 5. The first-order valence-corrected chi connectivity index (χ1v) is 7.88. The third-order valence-corrected chi connectivity index (χ3v) is 5.05. The molecule has 0 saturated carbocycles. The van der Waals surface area contributed by atoms with Crippen LogP contribution in [0.25, 0.3) is 0 Å². The second-order valence-corrected chi connectivity index (χ2v) is 6.74. The molecule has 112 valence electrons. The fourth-order valence-electron chi connectivity index (χ4n) is 2.64. The predicted octanol–water partition coefficient (Wildman–Crippen LogP) is 3.14. The summed E-state index contributed by atoms with van der Waals surface area (Å²) in [4.78, 5) is 5.77. The fourth-order valence-corrected chi connectivity index (χ4v) is 3.58. The molecule has 2 heterocycles. The van der Waals surface area contributed by atoms with Crippen molar-refractivity contribution in [1.29, 1.82) is 0 Å². The number of thiazole rings is 1. The van der Waals surface area contributed by atoms with Crippen LogP contribution in [0, 0.1) is 13.8 Å². The van der Waals surface area contributed by atoms with Gasteiger partial charge < -0.3 is 15.2 Å². The van der Waals surface area contributed by atoms with Gasteiger partial charge in [0.05, 0.1) is 18.8 Å². The van der Waals surface area contributed by atoms with Crippen LogP contribution in [0.1, 0.15) is 39.7 Å². The largest absolute Gasteiger partial charge is 0.496 e. The summed E-state index contributed by atoms with van der Waals surface area (Å²) < 4.78 is 11.4. The van der Waals surface area contributed by atoms with E-state index in [1.165, 1.54) is 10.4 Å². The standard InChI is InChI=1S/C16H20N2O2S/c1-8-5-11-6-14(19-4)12(7-13(11)20-8)15(17)16-18-9(2)10(3)21-16/h6-8,15H,5,17H2,1-4H3. The minimum atomic E-state index is -0.290. The van der Waals surface area contributed by atoms with Gasteiger partial charge in [0.2, 0.25) is 0 Å². The summed E-state index contributed by atoms with van der Waals surface area (Å²) >= 11 is 1.64. The van der Waals surface area contributed by atoms with Crippen LogP contribution in [0.15, 0.2) is 12.1 Å². The molecule has 2 atom stereocenters. The topological polar surface area (TPSA) is 57.4 Å². The van der Waals surface area contributed by atoms with Crippen molar-refractivity contribution in [3.63, 3.8) is 0 Å². The zero-order valence-electron chi connectivity index (χ0n) is 12.8. The molecule has 2 aromatic rings. The van der Waals surface area contributed by atoms with Crippen molar-refractivity contribution in [2.24, 2.45) is 5.73 Å². The van der Waals surface area contributed by atoms with Crippen LogP contribution in [-0.4, -0.2) is 18.2 Å². The number of nitrogens with two attached hydrogens (primary N) is 1. The molecule has 2 unspecified atom stereocenters. The molecule has 1 aromatic carbocycles. The van der Waals surface area contributed by atoms with Crippen molar-refractivity contribution in [2.75, 3.05) is 7.11 Å². The van der Waals surface area contributed by atoms with E-state index in [1.807, 2.05) is 19.1 Å². The average Bonchev–Trinajstić information content (AvgIpc) is 2.98. The predicted molar refractivity (Wildman–Crippen MR) is 84.4 cm³/mol. The zero-order valence-corrected chi connectivity index (χ0v) is 13.6. The van der Waals surface area contributed by atoms with Gasteiger partial charge in [0.1, 0.15) is 22.6 Å². The second-order valence-electron chi connectivity index (χ2n) is 5.51. The van der Waals surface area contributed by atoms with E-state index in [0.717, 1.165) is 34.2 Å². The maximum atomic E-state index is 6.42. The van der Waals surface area contributed by atoms with Gasteiger partial charge in [-0.15, -0.1) is 11.3 Å². The average molecular weight is 304 g/mol. The first kappa shape index (κ1) is 14.4. The lowest BCUT2D eigenvalue weighted by atomic mass is 10.0. The third kappa shape index (κ3) is 2.51. The zero-order chi connectivity index (χ0) is 15.1. The number of ether oxygens (including phenoxy) is 2. The number of hydrogen-bond donors (Lipinski definition) is 1. The molecule has 0 radical (unpaired) electrons. The molecular weight excluding hydrogens is 284 g/mol. The Hall–Kier alpha value is -1.59. The van der Waals surface area contributed by atoms with Gasteiger partial charge in [-0.1, -0.05) is 0 Å². The molecule has 0 aliphatic carbocycles. The Labute approximate surface area is 128 Å². The van der Waals surface area contributed by atoms with E-state index in [4.69, 9.17) is 15.2 Å². The Morgan fingerprint density at radius 2 is 2.19 bits per heavy atom. The molecule has 0 bridgehead atoms. The molecule has 1 aromatic heterocycles. The lowest BCUT2D eigenvalue weighted by Crippen LogP contribution is -2.13. The van der Waals surface area contributed by atoms with Crippen LogP contribution >= 0.6 is 11.3 Å². The van der Waals surface area contributed by atoms with Crippen molar-refractivity contribution in [3.8, 4) is 11.5 Å². The molecule has 1 aliphatic heterocycles. The van der Waals surface area contributed by atoms with Gasteiger partial charge in [0.15, 0.2) is 0 Å². The first-order chi connectivity index (χ1) is 9.99. The van der Waals surface area contributed by atoms with Crippen molar-refractivity contribution in [3.05, 3.63) is 38.8 Å². The lowest BCUT2D eigenvalue weighted by Gasteiger charge is -2.15. The monoisotopic (exact) mass is 304 g/mol. The van der Waals surface area contributed by atoms with E-state index in [-0.39, 0.29) is 12.1 Å². The summed E-state index contributed by atoms with van der Waals surface area (Å²) in [5, 5.41) is 0.911. The number of fused-ring (bicyclic) bond motifs is 1.